The maximum Gasteiger partial charge on any atom is 0.0423 e. The Morgan fingerprint density at radius 3 is 2.70 bits per heavy atom. The maximum absolute atomic E-state index is 3.62. The zero-order valence-electron chi connectivity index (χ0n) is 13.0. The van der Waals surface area contributed by atoms with Crippen LogP contribution >= 0.6 is 15.9 Å². The molecule has 1 aliphatic carbocycles. The first kappa shape index (κ1) is 15.8. The van der Waals surface area contributed by atoms with Crippen LogP contribution in [0.4, 0.5) is 5.69 Å². The SMILES string of the molecule is CCNC(C)c1ccc(Br)cc1N(C)CC1CCCC1. The van der Waals surface area contributed by atoms with Crippen LogP contribution in [-0.4, -0.2) is 20.1 Å². The summed E-state index contributed by atoms with van der Waals surface area (Å²) in [5, 5.41) is 3.53. The smallest absolute Gasteiger partial charge is 0.0423 e. The number of rotatable bonds is 6. The predicted molar refractivity (Wildman–Crippen MR) is 91.5 cm³/mol. The number of nitrogens with one attached hydrogen (secondary N) is 1. The second-order valence-electron chi connectivity index (χ2n) is 6.01. The first-order valence-electron chi connectivity index (χ1n) is 7.85. The number of hydrogen-bond acceptors (Lipinski definition) is 2. The van der Waals surface area contributed by atoms with Crippen molar-refractivity contribution >= 4 is 21.6 Å². The lowest BCUT2D eigenvalue weighted by molar-refractivity contribution is 0.542. The second kappa shape index (κ2) is 7.46. The molecule has 1 saturated carbocycles. The third-order valence-electron chi connectivity index (χ3n) is 4.39. The van der Waals surface area contributed by atoms with Gasteiger partial charge in [-0.3, -0.25) is 0 Å². The Hall–Kier alpha value is -0.540. The average Bonchev–Trinajstić information content (AvgIpc) is 2.91. The maximum atomic E-state index is 3.62. The van der Waals surface area contributed by atoms with Gasteiger partial charge in [-0.1, -0.05) is 41.8 Å². The minimum Gasteiger partial charge on any atom is -0.374 e. The van der Waals surface area contributed by atoms with Gasteiger partial charge in [-0.05, 0) is 49.9 Å². The highest BCUT2D eigenvalue weighted by atomic mass is 79.9. The Kier molecular flexibility index (Phi) is 5.91. The quantitative estimate of drug-likeness (QED) is 0.805. The van der Waals surface area contributed by atoms with Gasteiger partial charge in [0, 0.05) is 29.8 Å². The molecule has 0 heterocycles. The monoisotopic (exact) mass is 338 g/mol. The minimum atomic E-state index is 0.397. The number of halogens is 1. The lowest BCUT2D eigenvalue weighted by Crippen LogP contribution is -2.27. The van der Waals surface area contributed by atoms with E-state index in [9.17, 15) is 0 Å². The van der Waals surface area contributed by atoms with Crippen LogP contribution in [0.5, 0.6) is 0 Å². The van der Waals surface area contributed by atoms with Gasteiger partial charge in [-0.2, -0.15) is 0 Å². The number of nitrogens with zero attached hydrogens (tertiary/aromatic N) is 1. The standard InChI is InChI=1S/C17H27BrN2/c1-4-19-13(2)16-10-9-15(18)11-17(16)20(3)12-14-7-5-6-8-14/h9-11,13-14,19H,4-8,12H2,1-3H3. The van der Waals surface area contributed by atoms with Crippen molar-refractivity contribution in [2.45, 2.75) is 45.6 Å². The fraction of sp³-hybridized carbons (Fsp3) is 0.647. The van der Waals surface area contributed by atoms with Crippen LogP contribution in [0.2, 0.25) is 0 Å². The molecule has 0 radical (unpaired) electrons. The predicted octanol–water partition coefficient (Wildman–Crippen LogP) is 4.75. The average molecular weight is 339 g/mol. The highest BCUT2D eigenvalue weighted by Gasteiger charge is 2.19. The Bertz CT molecular complexity index is 427. The van der Waals surface area contributed by atoms with E-state index in [4.69, 9.17) is 0 Å². The van der Waals surface area contributed by atoms with E-state index >= 15 is 0 Å². The van der Waals surface area contributed by atoms with Crippen molar-refractivity contribution in [3.8, 4) is 0 Å². The van der Waals surface area contributed by atoms with Crippen molar-refractivity contribution in [2.24, 2.45) is 5.92 Å². The zero-order chi connectivity index (χ0) is 14.5. The Labute approximate surface area is 132 Å². The van der Waals surface area contributed by atoms with Crippen LogP contribution in [-0.2, 0) is 0 Å². The molecule has 1 aliphatic rings. The molecule has 0 saturated heterocycles. The Morgan fingerprint density at radius 1 is 1.35 bits per heavy atom. The molecular formula is C17H27BrN2. The zero-order valence-corrected chi connectivity index (χ0v) is 14.5. The van der Waals surface area contributed by atoms with Crippen LogP contribution in [0.3, 0.4) is 0 Å². The summed E-state index contributed by atoms with van der Waals surface area (Å²) >= 11 is 3.62. The summed E-state index contributed by atoms with van der Waals surface area (Å²) in [5.74, 6) is 0.876. The minimum absolute atomic E-state index is 0.397. The van der Waals surface area contributed by atoms with Crippen LogP contribution in [0.25, 0.3) is 0 Å². The number of hydrogen-bond donors (Lipinski definition) is 1. The largest absolute Gasteiger partial charge is 0.374 e. The van der Waals surface area contributed by atoms with Gasteiger partial charge in [-0.15, -0.1) is 0 Å². The van der Waals surface area contributed by atoms with Crippen molar-refractivity contribution in [2.75, 3.05) is 25.0 Å². The molecular weight excluding hydrogens is 312 g/mol. The molecule has 2 nitrogen and oxygen atoms in total. The molecule has 3 heteroatoms. The van der Waals surface area contributed by atoms with Gasteiger partial charge < -0.3 is 10.2 Å². The molecule has 1 aromatic carbocycles. The number of benzene rings is 1. The topological polar surface area (TPSA) is 15.3 Å². The van der Waals surface area contributed by atoms with Gasteiger partial charge in [0.15, 0.2) is 0 Å². The van der Waals surface area contributed by atoms with E-state index in [0.717, 1.165) is 12.5 Å². The molecule has 0 spiro atoms. The molecule has 1 fully saturated rings. The highest BCUT2D eigenvalue weighted by molar-refractivity contribution is 9.10. The van der Waals surface area contributed by atoms with E-state index in [1.54, 1.807) is 0 Å². The Balaban J connectivity index is 2.16. The van der Waals surface area contributed by atoms with Gasteiger partial charge in [0.2, 0.25) is 0 Å². The normalized spacial score (nSPS) is 17.4. The summed E-state index contributed by atoms with van der Waals surface area (Å²) in [7, 11) is 2.24. The Morgan fingerprint density at radius 2 is 2.05 bits per heavy atom. The second-order valence-corrected chi connectivity index (χ2v) is 6.93. The van der Waals surface area contributed by atoms with Crippen LogP contribution in [0.1, 0.15) is 51.1 Å². The summed E-state index contributed by atoms with van der Waals surface area (Å²) in [5.41, 5.74) is 2.76. The van der Waals surface area contributed by atoms with Crippen LogP contribution in [0.15, 0.2) is 22.7 Å². The van der Waals surface area contributed by atoms with Gasteiger partial charge in [0.1, 0.15) is 0 Å². The lowest BCUT2D eigenvalue weighted by atomic mass is 10.0. The summed E-state index contributed by atoms with van der Waals surface area (Å²) in [6, 6.07) is 7.06. The van der Waals surface area contributed by atoms with Crippen molar-refractivity contribution < 1.29 is 0 Å². The van der Waals surface area contributed by atoms with Crippen LogP contribution < -0.4 is 10.2 Å². The van der Waals surface area contributed by atoms with E-state index in [0.29, 0.717) is 6.04 Å². The van der Waals surface area contributed by atoms with Gasteiger partial charge in [-0.25, -0.2) is 0 Å². The van der Waals surface area contributed by atoms with Crippen molar-refractivity contribution in [1.82, 2.24) is 5.32 Å². The fourth-order valence-corrected chi connectivity index (χ4v) is 3.66. The molecule has 1 N–H and O–H groups in total. The third kappa shape index (κ3) is 3.98. The van der Waals surface area contributed by atoms with Crippen molar-refractivity contribution in [3.05, 3.63) is 28.2 Å². The van der Waals surface area contributed by atoms with E-state index in [-0.39, 0.29) is 0 Å². The third-order valence-corrected chi connectivity index (χ3v) is 4.88. The summed E-state index contributed by atoms with van der Waals surface area (Å²) in [6.45, 7) is 6.60. The molecule has 1 atom stereocenters. The molecule has 1 aromatic rings. The molecule has 0 bridgehead atoms. The van der Waals surface area contributed by atoms with E-state index < -0.39 is 0 Å². The summed E-state index contributed by atoms with van der Waals surface area (Å²) in [6.07, 6.45) is 5.63. The van der Waals surface area contributed by atoms with E-state index in [1.165, 1.54) is 48.0 Å². The molecule has 1 unspecified atom stereocenters. The van der Waals surface area contributed by atoms with Gasteiger partial charge in [0.05, 0.1) is 0 Å². The molecule has 112 valence electrons. The molecule has 2 rings (SSSR count). The van der Waals surface area contributed by atoms with Crippen molar-refractivity contribution in [3.63, 3.8) is 0 Å². The van der Waals surface area contributed by atoms with Crippen LogP contribution in [0, 0.1) is 5.92 Å². The highest BCUT2D eigenvalue weighted by Crippen LogP contribution is 2.32. The van der Waals surface area contributed by atoms with E-state index in [1.807, 2.05) is 0 Å². The van der Waals surface area contributed by atoms with Gasteiger partial charge in [0.25, 0.3) is 0 Å². The first-order chi connectivity index (χ1) is 9.61. The van der Waals surface area contributed by atoms with Crippen molar-refractivity contribution in [1.29, 1.82) is 0 Å². The molecule has 0 aliphatic heterocycles. The van der Waals surface area contributed by atoms with E-state index in [2.05, 4.69) is 65.2 Å². The summed E-state index contributed by atoms with van der Waals surface area (Å²) < 4.78 is 1.17. The first-order valence-corrected chi connectivity index (χ1v) is 8.65. The fourth-order valence-electron chi connectivity index (χ4n) is 3.31. The van der Waals surface area contributed by atoms with Gasteiger partial charge >= 0.3 is 0 Å². The number of anilines is 1. The summed E-state index contributed by atoms with van der Waals surface area (Å²) in [4.78, 5) is 2.45. The lowest BCUT2D eigenvalue weighted by Gasteiger charge is -2.28. The molecule has 0 aromatic heterocycles. The molecule has 0 amide bonds. The molecule has 20 heavy (non-hydrogen) atoms.